The number of sulfonamides is 1. The molecule has 1 aliphatic heterocycles. The summed E-state index contributed by atoms with van der Waals surface area (Å²) in [6, 6.07) is 20.0. The smallest absolute Gasteiger partial charge is 0.267 e. The van der Waals surface area contributed by atoms with E-state index in [9.17, 15) is 22.4 Å². The van der Waals surface area contributed by atoms with E-state index >= 15 is 0 Å². The summed E-state index contributed by atoms with van der Waals surface area (Å²) in [6.45, 7) is -0.289. The Hall–Kier alpha value is -4.57. The van der Waals surface area contributed by atoms with Crippen molar-refractivity contribution in [3.63, 3.8) is 0 Å². The number of furan rings is 1. The molecular formula is C30H23BrFN5O6S2. The van der Waals surface area contributed by atoms with Gasteiger partial charge in [0.2, 0.25) is 10.0 Å². The van der Waals surface area contributed by atoms with E-state index in [0.717, 1.165) is 11.8 Å². The Morgan fingerprint density at radius 3 is 2.58 bits per heavy atom. The van der Waals surface area contributed by atoms with Gasteiger partial charge in [0.25, 0.3) is 11.8 Å². The number of anilines is 1. The van der Waals surface area contributed by atoms with E-state index in [-0.39, 0.29) is 34.7 Å². The summed E-state index contributed by atoms with van der Waals surface area (Å²) < 4.78 is 48.8. The third-order valence-electron chi connectivity index (χ3n) is 6.11. The van der Waals surface area contributed by atoms with Crippen LogP contribution in [-0.4, -0.2) is 43.1 Å². The highest BCUT2D eigenvalue weighted by molar-refractivity contribution is 9.10. The number of ether oxygens (including phenoxy) is 1. The number of hydrogen-bond donors (Lipinski definition) is 2. The number of nitrogens with two attached hydrogens (primary N) is 1. The monoisotopic (exact) mass is 711 g/mol. The highest BCUT2D eigenvalue weighted by Gasteiger charge is 2.34. The molecule has 11 nitrogen and oxygen atoms in total. The van der Waals surface area contributed by atoms with E-state index in [4.69, 9.17) is 14.3 Å². The summed E-state index contributed by atoms with van der Waals surface area (Å²) >= 11 is 4.49. The Labute approximate surface area is 269 Å². The number of thioether (sulfide) groups is 1. The summed E-state index contributed by atoms with van der Waals surface area (Å²) in [7, 11) is -3.86. The Balaban J connectivity index is 1.34. The van der Waals surface area contributed by atoms with E-state index < -0.39 is 21.7 Å². The molecule has 0 bridgehead atoms. The second-order valence-corrected chi connectivity index (χ2v) is 12.8. The lowest BCUT2D eigenvalue weighted by molar-refractivity contribution is -0.122. The van der Waals surface area contributed by atoms with Crippen LogP contribution in [-0.2, 0) is 26.2 Å². The van der Waals surface area contributed by atoms with Crippen molar-refractivity contribution in [3.05, 3.63) is 117 Å². The molecule has 2 amide bonds. The van der Waals surface area contributed by atoms with Crippen LogP contribution in [0, 0.1) is 5.82 Å². The Bertz CT molecular complexity index is 1930. The number of carbonyl (C=O) groups excluding carboxylic acids is 2. The molecule has 0 aliphatic carbocycles. The molecule has 5 rings (SSSR count). The molecule has 1 fully saturated rings. The van der Waals surface area contributed by atoms with Crippen molar-refractivity contribution in [3.8, 4) is 5.75 Å². The molecule has 1 aliphatic rings. The third kappa shape index (κ3) is 8.33. The Morgan fingerprint density at radius 1 is 1.09 bits per heavy atom. The van der Waals surface area contributed by atoms with Crippen LogP contribution in [0.3, 0.4) is 0 Å². The van der Waals surface area contributed by atoms with Gasteiger partial charge < -0.3 is 14.5 Å². The third-order valence-corrected chi connectivity index (χ3v) is 8.53. The minimum Gasteiger partial charge on any atom is -0.483 e. The zero-order valence-electron chi connectivity index (χ0n) is 23.1. The van der Waals surface area contributed by atoms with Crippen LogP contribution in [0.5, 0.6) is 5.75 Å². The van der Waals surface area contributed by atoms with Crippen LogP contribution in [0.1, 0.15) is 16.9 Å². The van der Waals surface area contributed by atoms with Crippen molar-refractivity contribution in [2.45, 2.75) is 11.4 Å². The molecule has 1 aromatic heterocycles. The molecular weight excluding hydrogens is 689 g/mol. The molecule has 3 aromatic carbocycles. The molecule has 0 unspecified atom stereocenters. The van der Waals surface area contributed by atoms with Crippen molar-refractivity contribution in [2.75, 3.05) is 11.9 Å². The van der Waals surface area contributed by atoms with Crippen LogP contribution < -0.4 is 15.2 Å². The topological polar surface area (TPSA) is 157 Å². The molecule has 0 radical (unpaired) electrons. The highest BCUT2D eigenvalue weighted by Crippen LogP contribution is 2.36. The molecule has 45 heavy (non-hydrogen) atoms. The maximum Gasteiger partial charge on any atom is 0.267 e. The SMILES string of the molecule is NS(=O)(=O)c1ccc(NC(=O)COc2ccc(Br)cc2/C=C2\S/C(=N\N=C\c3ccccc3F)N(Cc3ccco3)C2=O)cc1. The van der Waals surface area contributed by atoms with E-state index in [1.807, 2.05) is 0 Å². The lowest BCUT2D eigenvalue weighted by Gasteiger charge is -2.13. The first kappa shape index (κ1) is 31.8. The van der Waals surface area contributed by atoms with E-state index in [2.05, 4.69) is 31.4 Å². The number of amidine groups is 1. The number of amides is 2. The number of carbonyl (C=O) groups is 2. The fourth-order valence-electron chi connectivity index (χ4n) is 3.97. The summed E-state index contributed by atoms with van der Waals surface area (Å²) in [5.74, 6) is -0.492. The number of hydrogen-bond acceptors (Lipinski definition) is 9. The number of primary sulfonamides is 1. The van der Waals surface area contributed by atoms with Gasteiger partial charge in [-0.05, 0) is 78.5 Å². The number of halogens is 2. The fourth-order valence-corrected chi connectivity index (χ4v) is 5.79. The highest BCUT2D eigenvalue weighted by atomic mass is 79.9. The maximum atomic E-state index is 14.0. The predicted molar refractivity (Wildman–Crippen MR) is 172 cm³/mol. The zero-order valence-corrected chi connectivity index (χ0v) is 26.3. The second-order valence-electron chi connectivity index (χ2n) is 9.32. The average molecular weight is 713 g/mol. The summed E-state index contributed by atoms with van der Waals surface area (Å²) in [4.78, 5) is 27.7. The summed E-state index contributed by atoms with van der Waals surface area (Å²) in [6.07, 6.45) is 4.36. The van der Waals surface area contributed by atoms with Crippen LogP contribution >= 0.6 is 27.7 Å². The lowest BCUT2D eigenvalue weighted by Crippen LogP contribution is -2.28. The number of nitrogens with zero attached hydrogens (tertiary/aromatic N) is 3. The van der Waals surface area contributed by atoms with Crippen molar-refractivity contribution in [1.82, 2.24) is 4.90 Å². The van der Waals surface area contributed by atoms with Gasteiger partial charge in [-0.15, -0.1) is 5.10 Å². The van der Waals surface area contributed by atoms with Gasteiger partial charge in [0.15, 0.2) is 11.8 Å². The standard InChI is InChI=1S/C30H23BrFN5O6S2/c31-21-7-12-26(43-18-28(38)35-22-8-10-24(11-9-22)45(33,40)41)20(14-21)15-27-29(39)37(17-23-5-3-13-42-23)30(44-27)36-34-16-19-4-1-2-6-25(19)32/h1-16H,17-18H2,(H,35,38)(H2,33,40,41)/b27-15-,34-16+,36-30-. The first-order chi connectivity index (χ1) is 21.6. The maximum absolute atomic E-state index is 14.0. The van der Waals surface area contributed by atoms with Gasteiger partial charge >= 0.3 is 0 Å². The van der Waals surface area contributed by atoms with Gasteiger partial charge in [0.05, 0.1) is 28.8 Å². The molecule has 0 saturated carbocycles. The Morgan fingerprint density at radius 2 is 1.87 bits per heavy atom. The predicted octanol–water partition coefficient (Wildman–Crippen LogP) is 5.35. The number of rotatable bonds is 10. The van der Waals surface area contributed by atoms with Crippen LogP contribution in [0.2, 0.25) is 0 Å². The minimum atomic E-state index is -3.86. The molecule has 2 heterocycles. The van der Waals surface area contributed by atoms with Crippen molar-refractivity contribution in [2.24, 2.45) is 15.3 Å². The molecule has 1 saturated heterocycles. The van der Waals surface area contributed by atoms with E-state index in [0.29, 0.717) is 32.1 Å². The average Bonchev–Trinajstić information content (AvgIpc) is 3.62. The van der Waals surface area contributed by atoms with Gasteiger partial charge in [0.1, 0.15) is 17.3 Å². The van der Waals surface area contributed by atoms with Crippen LogP contribution in [0.4, 0.5) is 10.1 Å². The van der Waals surface area contributed by atoms with Gasteiger partial charge in [-0.2, -0.15) is 5.10 Å². The van der Waals surface area contributed by atoms with Gasteiger partial charge in [-0.25, -0.2) is 17.9 Å². The molecule has 15 heteroatoms. The van der Waals surface area contributed by atoms with E-state index in [1.54, 1.807) is 54.6 Å². The second kappa shape index (κ2) is 14.0. The normalized spacial score (nSPS) is 15.4. The summed E-state index contributed by atoms with van der Waals surface area (Å²) in [5.41, 5.74) is 1.09. The van der Waals surface area contributed by atoms with Crippen LogP contribution in [0.15, 0.2) is 114 Å². The van der Waals surface area contributed by atoms with Crippen LogP contribution in [0.25, 0.3) is 6.08 Å². The van der Waals surface area contributed by atoms with Crippen molar-refractivity contribution >= 4 is 72.7 Å². The first-order valence-corrected chi connectivity index (χ1v) is 16.2. The first-order valence-electron chi connectivity index (χ1n) is 13.0. The lowest BCUT2D eigenvalue weighted by atomic mass is 10.2. The quantitative estimate of drug-likeness (QED) is 0.128. The van der Waals surface area contributed by atoms with Crippen molar-refractivity contribution < 1.29 is 31.6 Å². The van der Waals surface area contributed by atoms with Gasteiger partial charge in [0, 0.05) is 21.3 Å². The molecule has 230 valence electrons. The van der Waals surface area contributed by atoms with Crippen molar-refractivity contribution in [1.29, 1.82) is 0 Å². The fraction of sp³-hybridized carbons (Fsp3) is 0.0667. The number of nitrogens with one attached hydrogen (secondary N) is 1. The minimum absolute atomic E-state index is 0.0866. The molecule has 3 N–H and O–H groups in total. The van der Waals surface area contributed by atoms with Gasteiger partial charge in [-0.3, -0.25) is 14.5 Å². The molecule has 0 atom stereocenters. The largest absolute Gasteiger partial charge is 0.483 e. The summed E-state index contributed by atoms with van der Waals surface area (Å²) in [5, 5.41) is 16.2. The van der Waals surface area contributed by atoms with E-state index in [1.165, 1.54) is 47.7 Å². The van der Waals surface area contributed by atoms with Gasteiger partial charge in [-0.1, -0.05) is 34.1 Å². The number of benzene rings is 3. The Kier molecular flexibility index (Phi) is 9.93. The molecule has 0 spiro atoms. The zero-order chi connectivity index (χ0) is 32.0. The molecule has 4 aromatic rings.